The van der Waals surface area contributed by atoms with Crippen LogP contribution in [0.3, 0.4) is 0 Å². The van der Waals surface area contributed by atoms with Gasteiger partial charge in [0.15, 0.2) is 0 Å². The number of nitrogens with one attached hydrogen (secondary N) is 1. The minimum absolute atomic E-state index is 0.353. The van der Waals surface area contributed by atoms with E-state index in [2.05, 4.69) is 5.32 Å². The van der Waals surface area contributed by atoms with Crippen molar-refractivity contribution < 1.29 is 17.9 Å². The molecular weight excluding hydrogens is 269 g/mol. The monoisotopic (exact) mass is 284 g/mol. The molecule has 2 rings (SSSR count). The van der Waals surface area contributed by atoms with E-state index in [4.69, 9.17) is 10.00 Å². The van der Waals surface area contributed by atoms with E-state index in [-0.39, 0.29) is 5.56 Å². The molecule has 108 valence electrons. The molecule has 20 heavy (non-hydrogen) atoms. The Morgan fingerprint density at radius 3 is 2.60 bits per heavy atom. The van der Waals surface area contributed by atoms with Crippen molar-refractivity contribution in [3.8, 4) is 6.07 Å². The minimum Gasteiger partial charge on any atom is -0.385 e. The smallest absolute Gasteiger partial charge is 0.385 e. The molecule has 1 fully saturated rings. The molecule has 6 heteroatoms. The average molecular weight is 284 g/mol. The van der Waals surface area contributed by atoms with E-state index in [1.807, 2.05) is 0 Å². The summed E-state index contributed by atoms with van der Waals surface area (Å²) in [5.41, 5.74) is -0.853. The van der Waals surface area contributed by atoms with Gasteiger partial charge < -0.3 is 10.1 Å². The summed E-state index contributed by atoms with van der Waals surface area (Å²) in [6.07, 6.45) is -2.69. The average Bonchev–Trinajstić information content (AvgIpc) is 2.45. The molecule has 0 atom stereocenters. The maximum absolute atomic E-state index is 12.8. The summed E-state index contributed by atoms with van der Waals surface area (Å²) >= 11 is 0. The Bertz CT molecular complexity index is 502. The zero-order chi connectivity index (χ0) is 14.6. The van der Waals surface area contributed by atoms with Crippen LogP contribution in [-0.2, 0) is 10.9 Å². The van der Waals surface area contributed by atoms with Gasteiger partial charge in [-0.3, -0.25) is 0 Å². The minimum atomic E-state index is -4.51. The van der Waals surface area contributed by atoms with E-state index < -0.39 is 11.7 Å². The standard InChI is InChI=1S/C14H15F3N2O/c15-14(16,17)13-7-12(2-1-11(13)8-18)19-9-10-3-5-20-6-4-10/h1-2,7,10,19H,3-6,9H2. The summed E-state index contributed by atoms with van der Waals surface area (Å²) in [4.78, 5) is 0. The quantitative estimate of drug-likeness (QED) is 0.925. The summed E-state index contributed by atoms with van der Waals surface area (Å²) in [5, 5.41) is 11.7. The second-order valence-electron chi connectivity index (χ2n) is 4.81. The fraction of sp³-hybridized carbons (Fsp3) is 0.500. The lowest BCUT2D eigenvalue weighted by molar-refractivity contribution is -0.137. The van der Waals surface area contributed by atoms with Crippen LogP contribution in [0.4, 0.5) is 18.9 Å². The van der Waals surface area contributed by atoms with E-state index >= 15 is 0 Å². The number of anilines is 1. The first-order valence-corrected chi connectivity index (χ1v) is 6.43. The Kier molecular flexibility index (Phi) is 4.50. The largest absolute Gasteiger partial charge is 0.417 e. The van der Waals surface area contributed by atoms with Crippen molar-refractivity contribution in [2.24, 2.45) is 5.92 Å². The molecule has 1 aromatic rings. The number of rotatable bonds is 3. The highest BCUT2D eigenvalue weighted by Crippen LogP contribution is 2.33. The molecule has 1 aliphatic rings. The fourth-order valence-corrected chi connectivity index (χ4v) is 2.20. The molecule has 1 aliphatic heterocycles. The Labute approximate surface area is 115 Å². The summed E-state index contributed by atoms with van der Waals surface area (Å²) in [5.74, 6) is 0.411. The molecule has 0 saturated carbocycles. The highest BCUT2D eigenvalue weighted by Gasteiger charge is 2.33. The van der Waals surface area contributed by atoms with E-state index in [0.717, 1.165) is 18.9 Å². The molecule has 1 aromatic carbocycles. The normalized spacial score (nSPS) is 16.7. The van der Waals surface area contributed by atoms with Gasteiger partial charge >= 0.3 is 6.18 Å². The zero-order valence-corrected chi connectivity index (χ0v) is 10.8. The van der Waals surface area contributed by atoms with Crippen molar-refractivity contribution in [2.45, 2.75) is 19.0 Å². The van der Waals surface area contributed by atoms with Crippen LogP contribution in [0.1, 0.15) is 24.0 Å². The maximum Gasteiger partial charge on any atom is 0.417 e. The molecular formula is C14H15F3N2O. The lowest BCUT2D eigenvalue weighted by Crippen LogP contribution is -2.22. The zero-order valence-electron chi connectivity index (χ0n) is 10.8. The first kappa shape index (κ1) is 14.7. The van der Waals surface area contributed by atoms with Gasteiger partial charge in [0, 0.05) is 25.4 Å². The number of hydrogen-bond donors (Lipinski definition) is 1. The van der Waals surface area contributed by atoms with Crippen molar-refractivity contribution in [2.75, 3.05) is 25.1 Å². The Morgan fingerprint density at radius 1 is 1.30 bits per heavy atom. The fourth-order valence-electron chi connectivity index (χ4n) is 2.20. The van der Waals surface area contributed by atoms with Crippen LogP contribution in [0.15, 0.2) is 18.2 Å². The van der Waals surface area contributed by atoms with E-state index in [1.165, 1.54) is 12.1 Å². The molecule has 0 spiro atoms. The third-order valence-corrected chi connectivity index (χ3v) is 3.38. The van der Waals surface area contributed by atoms with Gasteiger partial charge in [0.1, 0.15) is 0 Å². The Balaban J connectivity index is 2.07. The van der Waals surface area contributed by atoms with Crippen molar-refractivity contribution in [1.82, 2.24) is 0 Å². The van der Waals surface area contributed by atoms with Gasteiger partial charge in [-0.1, -0.05) is 0 Å². The van der Waals surface area contributed by atoms with Crippen LogP contribution in [0.2, 0.25) is 0 Å². The molecule has 1 saturated heterocycles. The number of hydrogen-bond acceptors (Lipinski definition) is 3. The van der Waals surface area contributed by atoms with Gasteiger partial charge in [-0.25, -0.2) is 0 Å². The van der Waals surface area contributed by atoms with Crippen LogP contribution in [0.5, 0.6) is 0 Å². The molecule has 0 unspecified atom stereocenters. The number of benzene rings is 1. The van der Waals surface area contributed by atoms with Gasteiger partial charge in [-0.2, -0.15) is 18.4 Å². The van der Waals surface area contributed by atoms with E-state index in [9.17, 15) is 13.2 Å². The van der Waals surface area contributed by atoms with Gasteiger partial charge in [0.2, 0.25) is 0 Å². The van der Waals surface area contributed by atoms with E-state index in [0.29, 0.717) is 31.4 Å². The maximum atomic E-state index is 12.8. The summed E-state index contributed by atoms with van der Waals surface area (Å²) in [6, 6.07) is 5.28. The highest BCUT2D eigenvalue weighted by atomic mass is 19.4. The van der Waals surface area contributed by atoms with Crippen LogP contribution in [0, 0.1) is 17.2 Å². The summed E-state index contributed by atoms with van der Waals surface area (Å²) in [7, 11) is 0. The van der Waals surface area contributed by atoms with E-state index in [1.54, 1.807) is 6.07 Å². The summed E-state index contributed by atoms with van der Waals surface area (Å²) < 4.78 is 43.7. The van der Waals surface area contributed by atoms with Crippen molar-refractivity contribution >= 4 is 5.69 Å². The molecule has 0 aliphatic carbocycles. The predicted octanol–water partition coefficient (Wildman–Crippen LogP) is 3.42. The molecule has 3 nitrogen and oxygen atoms in total. The van der Waals surface area contributed by atoms with Crippen LogP contribution in [-0.4, -0.2) is 19.8 Å². The number of alkyl halides is 3. The first-order chi connectivity index (χ1) is 9.50. The number of ether oxygens (including phenoxy) is 1. The lowest BCUT2D eigenvalue weighted by Gasteiger charge is -2.23. The SMILES string of the molecule is N#Cc1ccc(NCC2CCOCC2)cc1C(F)(F)F. The Hall–Kier alpha value is -1.74. The molecule has 1 heterocycles. The first-order valence-electron chi connectivity index (χ1n) is 6.43. The highest BCUT2D eigenvalue weighted by molar-refractivity contribution is 5.53. The Morgan fingerprint density at radius 2 is 2.00 bits per heavy atom. The van der Waals surface area contributed by atoms with Crippen molar-refractivity contribution in [3.63, 3.8) is 0 Å². The summed E-state index contributed by atoms with van der Waals surface area (Å²) in [6.45, 7) is 2.02. The van der Waals surface area contributed by atoms with Crippen molar-refractivity contribution in [3.05, 3.63) is 29.3 Å². The number of nitriles is 1. The molecule has 1 N–H and O–H groups in total. The molecule has 0 bridgehead atoms. The van der Waals surface area contributed by atoms with Crippen LogP contribution < -0.4 is 5.32 Å². The molecule has 0 radical (unpaired) electrons. The second kappa shape index (κ2) is 6.14. The number of halogens is 3. The van der Waals surface area contributed by atoms with Gasteiger partial charge in [-0.15, -0.1) is 0 Å². The third-order valence-electron chi connectivity index (χ3n) is 3.38. The van der Waals surface area contributed by atoms with Gasteiger partial charge in [0.25, 0.3) is 0 Å². The van der Waals surface area contributed by atoms with Crippen molar-refractivity contribution in [1.29, 1.82) is 5.26 Å². The van der Waals surface area contributed by atoms with Gasteiger partial charge in [0.05, 0.1) is 17.2 Å². The number of nitrogens with zero attached hydrogens (tertiary/aromatic N) is 1. The molecule has 0 amide bonds. The second-order valence-corrected chi connectivity index (χ2v) is 4.81. The van der Waals surface area contributed by atoms with Crippen LogP contribution >= 0.6 is 0 Å². The van der Waals surface area contributed by atoms with Crippen LogP contribution in [0.25, 0.3) is 0 Å². The predicted molar refractivity (Wildman–Crippen MR) is 68.2 cm³/mol. The molecule has 0 aromatic heterocycles. The van der Waals surface area contributed by atoms with Gasteiger partial charge in [-0.05, 0) is 37.0 Å². The topological polar surface area (TPSA) is 45.0 Å². The lowest BCUT2D eigenvalue weighted by atomic mass is 10.00. The third kappa shape index (κ3) is 3.64.